The van der Waals surface area contributed by atoms with E-state index in [4.69, 9.17) is 0 Å². The van der Waals surface area contributed by atoms with Gasteiger partial charge in [-0.15, -0.1) is 0 Å². The molecule has 0 unspecified atom stereocenters. The summed E-state index contributed by atoms with van der Waals surface area (Å²) in [7, 11) is 2.10. The summed E-state index contributed by atoms with van der Waals surface area (Å²) in [6, 6.07) is 3.96. The SMILES string of the molecule is CCCCN(C)c1cc(N2CCN(c3ncccn3)CC2)nc(C)n1. The molecule has 0 saturated carbocycles. The standard InChI is InChI=1S/C18H27N7/c1-4-5-9-23(3)16-14-17(22-15(2)21-16)24-10-12-25(13-11-24)18-19-7-6-8-20-18/h6-8,14H,4-5,9-13H2,1-3H3. The van der Waals surface area contributed by atoms with Crippen molar-refractivity contribution in [3.63, 3.8) is 0 Å². The topological polar surface area (TPSA) is 61.3 Å². The highest BCUT2D eigenvalue weighted by Crippen LogP contribution is 2.21. The van der Waals surface area contributed by atoms with Crippen molar-refractivity contribution in [2.75, 3.05) is 54.5 Å². The van der Waals surface area contributed by atoms with Crippen LogP contribution in [0.1, 0.15) is 25.6 Å². The molecule has 3 heterocycles. The molecule has 1 aliphatic rings. The fourth-order valence-electron chi connectivity index (χ4n) is 2.99. The van der Waals surface area contributed by atoms with Crippen LogP contribution in [0, 0.1) is 6.92 Å². The first kappa shape index (κ1) is 17.4. The second kappa shape index (κ2) is 8.09. The Morgan fingerprint density at radius 2 is 1.72 bits per heavy atom. The zero-order valence-corrected chi connectivity index (χ0v) is 15.4. The van der Waals surface area contributed by atoms with Crippen molar-refractivity contribution in [1.29, 1.82) is 0 Å². The summed E-state index contributed by atoms with van der Waals surface area (Å²) in [5.41, 5.74) is 0. The van der Waals surface area contributed by atoms with E-state index in [0.717, 1.165) is 56.1 Å². The van der Waals surface area contributed by atoms with Gasteiger partial charge in [-0.1, -0.05) is 13.3 Å². The van der Waals surface area contributed by atoms with Gasteiger partial charge in [0, 0.05) is 58.2 Å². The lowest BCUT2D eigenvalue weighted by Gasteiger charge is -2.35. The van der Waals surface area contributed by atoms with Crippen molar-refractivity contribution in [2.24, 2.45) is 0 Å². The first-order valence-corrected chi connectivity index (χ1v) is 9.01. The predicted octanol–water partition coefficient (Wildman–Crippen LogP) is 2.14. The van der Waals surface area contributed by atoms with E-state index in [0.29, 0.717) is 0 Å². The minimum Gasteiger partial charge on any atom is -0.360 e. The fraction of sp³-hybridized carbons (Fsp3) is 0.556. The van der Waals surface area contributed by atoms with Crippen LogP contribution in [0.4, 0.5) is 17.6 Å². The molecule has 0 aromatic carbocycles. The van der Waals surface area contributed by atoms with Crippen molar-refractivity contribution in [2.45, 2.75) is 26.7 Å². The third-order valence-electron chi connectivity index (χ3n) is 4.49. The Labute approximate surface area is 149 Å². The molecule has 3 rings (SSSR count). The Bertz CT molecular complexity index is 668. The highest BCUT2D eigenvalue weighted by molar-refractivity contribution is 5.51. The van der Waals surface area contributed by atoms with E-state index in [1.165, 1.54) is 12.8 Å². The van der Waals surface area contributed by atoms with Crippen LogP contribution in [0.15, 0.2) is 24.5 Å². The number of nitrogens with zero attached hydrogens (tertiary/aromatic N) is 7. The Morgan fingerprint density at radius 3 is 2.40 bits per heavy atom. The fourth-order valence-corrected chi connectivity index (χ4v) is 2.99. The molecule has 1 aliphatic heterocycles. The van der Waals surface area contributed by atoms with Gasteiger partial charge >= 0.3 is 0 Å². The first-order valence-electron chi connectivity index (χ1n) is 9.01. The lowest BCUT2D eigenvalue weighted by molar-refractivity contribution is 0.632. The van der Waals surface area contributed by atoms with Crippen LogP contribution in [-0.2, 0) is 0 Å². The minimum absolute atomic E-state index is 0.806. The summed E-state index contributed by atoms with van der Waals surface area (Å²) in [5, 5.41) is 0. The average molecular weight is 341 g/mol. The molecule has 0 spiro atoms. The van der Waals surface area contributed by atoms with Crippen LogP contribution < -0.4 is 14.7 Å². The number of aryl methyl sites for hydroxylation is 1. The Kier molecular flexibility index (Phi) is 5.63. The number of anilines is 3. The van der Waals surface area contributed by atoms with Crippen LogP contribution in [0.25, 0.3) is 0 Å². The molecule has 1 fully saturated rings. The molecule has 0 aliphatic carbocycles. The number of unbranched alkanes of at least 4 members (excludes halogenated alkanes) is 1. The van der Waals surface area contributed by atoms with Gasteiger partial charge in [-0.05, 0) is 19.4 Å². The molecule has 25 heavy (non-hydrogen) atoms. The number of rotatable bonds is 6. The monoisotopic (exact) mass is 341 g/mol. The molecule has 7 heteroatoms. The quantitative estimate of drug-likeness (QED) is 0.797. The van der Waals surface area contributed by atoms with Gasteiger partial charge in [0.15, 0.2) is 0 Å². The van der Waals surface area contributed by atoms with E-state index < -0.39 is 0 Å². The largest absolute Gasteiger partial charge is 0.360 e. The average Bonchev–Trinajstić information content (AvgIpc) is 2.66. The normalized spacial score (nSPS) is 14.7. The van der Waals surface area contributed by atoms with E-state index in [-0.39, 0.29) is 0 Å². The van der Waals surface area contributed by atoms with Gasteiger partial charge in [0.05, 0.1) is 0 Å². The molecule has 0 N–H and O–H groups in total. The number of hydrogen-bond acceptors (Lipinski definition) is 7. The molecule has 2 aromatic heterocycles. The summed E-state index contributed by atoms with van der Waals surface area (Å²) in [6.07, 6.45) is 5.94. The molecule has 134 valence electrons. The molecule has 1 saturated heterocycles. The van der Waals surface area contributed by atoms with Crippen molar-refractivity contribution in [1.82, 2.24) is 19.9 Å². The van der Waals surface area contributed by atoms with Gasteiger partial charge in [-0.25, -0.2) is 19.9 Å². The lowest BCUT2D eigenvalue weighted by Crippen LogP contribution is -2.47. The Hall–Kier alpha value is -2.44. The van der Waals surface area contributed by atoms with Gasteiger partial charge in [-0.3, -0.25) is 0 Å². The molecule has 7 nitrogen and oxygen atoms in total. The molecule has 0 atom stereocenters. The van der Waals surface area contributed by atoms with E-state index in [9.17, 15) is 0 Å². The third-order valence-corrected chi connectivity index (χ3v) is 4.49. The number of aromatic nitrogens is 4. The molecule has 0 amide bonds. The van der Waals surface area contributed by atoms with Crippen molar-refractivity contribution in [3.05, 3.63) is 30.4 Å². The van der Waals surface area contributed by atoms with Crippen LogP contribution in [-0.4, -0.2) is 59.7 Å². The van der Waals surface area contributed by atoms with E-state index in [1.807, 2.05) is 13.0 Å². The highest BCUT2D eigenvalue weighted by atomic mass is 15.3. The van der Waals surface area contributed by atoms with Gasteiger partial charge in [0.1, 0.15) is 17.5 Å². The lowest BCUT2D eigenvalue weighted by atomic mass is 10.3. The van der Waals surface area contributed by atoms with Crippen LogP contribution >= 0.6 is 0 Å². The van der Waals surface area contributed by atoms with Crippen LogP contribution in [0.5, 0.6) is 0 Å². The smallest absolute Gasteiger partial charge is 0.225 e. The maximum Gasteiger partial charge on any atom is 0.225 e. The zero-order valence-electron chi connectivity index (χ0n) is 15.4. The summed E-state index contributed by atoms with van der Waals surface area (Å²) in [6.45, 7) is 8.81. The minimum atomic E-state index is 0.806. The third kappa shape index (κ3) is 4.35. The second-order valence-corrected chi connectivity index (χ2v) is 6.43. The van der Waals surface area contributed by atoms with Crippen molar-refractivity contribution >= 4 is 17.6 Å². The first-order chi connectivity index (χ1) is 12.2. The molecular weight excluding hydrogens is 314 g/mol. The van der Waals surface area contributed by atoms with Crippen LogP contribution in [0.3, 0.4) is 0 Å². The summed E-state index contributed by atoms with van der Waals surface area (Å²) < 4.78 is 0. The molecular formula is C18H27N7. The van der Waals surface area contributed by atoms with Crippen molar-refractivity contribution < 1.29 is 0 Å². The predicted molar refractivity (Wildman–Crippen MR) is 101 cm³/mol. The second-order valence-electron chi connectivity index (χ2n) is 6.43. The maximum absolute atomic E-state index is 4.66. The Morgan fingerprint density at radius 1 is 1.04 bits per heavy atom. The summed E-state index contributed by atoms with van der Waals surface area (Å²) in [4.78, 5) is 24.7. The van der Waals surface area contributed by atoms with Crippen molar-refractivity contribution in [3.8, 4) is 0 Å². The zero-order chi connectivity index (χ0) is 17.6. The maximum atomic E-state index is 4.66. The van der Waals surface area contributed by atoms with Crippen LogP contribution in [0.2, 0.25) is 0 Å². The van der Waals surface area contributed by atoms with Gasteiger partial charge in [0.25, 0.3) is 0 Å². The van der Waals surface area contributed by atoms with E-state index in [2.05, 4.69) is 54.7 Å². The van der Waals surface area contributed by atoms with E-state index >= 15 is 0 Å². The molecule has 0 radical (unpaired) electrons. The summed E-state index contributed by atoms with van der Waals surface area (Å²) >= 11 is 0. The highest BCUT2D eigenvalue weighted by Gasteiger charge is 2.21. The summed E-state index contributed by atoms with van der Waals surface area (Å²) in [5.74, 6) is 3.65. The number of piperazine rings is 1. The van der Waals surface area contributed by atoms with E-state index in [1.54, 1.807) is 12.4 Å². The van der Waals surface area contributed by atoms with Gasteiger partial charge in [-0.2, -0.15) is 0 Å². The molecule has 0 bridgehead atoms. The molecule has 2 aromatic rings. The van der Waals surface area contributed by atoms with Gasteiger partial charge < -0.3 is 14.7 Å². The van der Waals surface area contributed by atoms with Gasteiger partial charge in [0.2, 0.25) is 5.95 Å². The Balaban J connectivity index is 1.67. The number of hydrogen-bond donors (Lipinski definition) is 0.